The summed E-state index contributed by atoms with van der Waals surface area (Å²) in [5.74, 6) is -1.11. The number of aliphatic hydroxyl groups is 1. The Bertz CT molecular complexity index is 599. The average Bonchev–Trinajstić information content (AvgIpc) is 2.47. The van der Waals surface area contributed by atoms with Gasteiger partial charge in [-0.15, -0.1) is 0 Å². The lowest BCUT2D eigenvalue weighted by atomic mass is 10.2. The Kier molecular flexibility index (Phi) is 6.51. The summed E-state index contributed by atoms with van der Waals surface area (Å²) in [6, 6.07) is 6.02. The van der Waals surface area contributed by atoms with Crippen LogP contribution in [0.2, 0.25) is 0 Å². The van der Waals surface area contributed by atoms with Crippen LogP contribution in [0.3, 0.4) is 0 Å². The Labute approximate surface area is 121 Å². The van der Waals surface area contributed by atoms with Crippen molar-refractivity contribution in [2.75, 3.05) is 13.2 Å². The minimum absolute atomic E-state index is 0.0311. The molecular formula is C15H15NO5. The highest BCUT2D eigenvalue weighted by Crippen LogP contribution is 2.25. The Morgan fingerprint density at radius 2 is 2.10 bits per heavy atom. The van der Waals surface area contributed by atoms with Gasteiger partial charge < -0.3 is 20.1 Å². The van der Waals surface area contributed by atoms with E-state index >= 15 is 0 Å². The maximum Gasteiger partial charge on any atom is 0.330 e. The van der Waals surface area contributed by atoms with Crippen molar-refractivity contribution in [2.24, 2.45) is 0 Å². The number of phenolic OH excluding ortho intramolecular Hbond substituents is 2. The van der Waals surface area contributed by atoms with Crippen molar-refractivity contribution < 1.29 is 24.9 Å². The molecule has 0 bridgehead atoms. The highest BCUT2D eigenvalue weighted by Gasteiger charge is 2.01. The van der Waals surface area contributed by atoms with Gasteiger partial charge in [0.1, 0.15) is 0 Å². The minimum atomic E-state index is -0.594. The average molecular weight is 289 g/mol. The number of hydrogen-bond donors (Lipinski definition) is 3. The predicted octanol–water partition coefficient (Wildman–Crippen LogP) is 1.49. The number of rotatable bonds is 6. The molecule has 0 aliphatic carbocycles. The van der Waals surface area contributed by atoms with E-state index in [4.69, 9.17) is 20.2 Å². The van der Waals surface area contributed by atoms with Gasteiger partial charge in [-0.2, -0.15) is 5.26 Å². The van der Waals surface area contributed by atoms with E-state index in [0.29, 0.717) is 11.1 Å². The molecule has 0 saturated carbocycles. The van der Waals surface area contributed by atoms with Crippen LogP contribution in [0.1, 0.15) is 12.0 Å². The number of carbonyl (C=O) groups excluding carboxylic acids is 1. The second kappa shape index (κ2) is 8.40. The van der Waals surface area contributed by atoms with Gasteiger partial charge in [-0.3, -0.25) is 0 Å². The van der Waals surface area contributed by atoms with Crippen LogP contribution in [0.5, 0.6) is 11.5 Å². The van der Waals surface area contributed by atoms with E-state index in [2.05, 4.69) is 0 Å². The predicted molar refractivity (Wildman–Crippen MR) is 75.2 cm³/mol. The number of nitrogens with zero attached hydrogens (tertiary/aromatic N) is 1. The second-order valence-corrected chi connectivity index (χ2v) is 4.02. The summed E-state index contributed by atoms with van der Waals surface area (Å²) in [6.45, 7) is -0.204. The van der Waals surface area contributed by atoms with Crippen molar-refractivity contribution in [1.29, 1.82) is 5.26 Å². The fourth-order valence-corrected chi connectivity index (χ4v) is 1.43. The van der Waals surface area contributed by atoms with Crippen LogP contribution in [0.25, 0.3) is 6.08 Å². The number of hydrogen-bond acceptors (Lipinski definition) is 6. The fraction of sp³-hybridized carbons (Fsp3) is 0.200. The summed E-state index contributed by atoms with van der Waals surface area (Å²) in [5, 5.41) is 35.8. The van der Waals surface area contributed by atoms with Crippen molar-refractivity contribution in [3.05, 3.63) is 41.5 Å². The molecule has 0 aliphatic rings. The molecule has 6 nitrogen and oxygen atoms in total. The summed E-state index contributed by atoms with van der Waals surface area (Å²) in [6.07, 6.45) is 4.18. The first-order valence-corrected chi connectivity index (χ1v) is 6.13. The van der Waals surface area contributed by atoms with Crippen LogP contribution in [0.15, 0.2) is 35.9 Å². The lowest BCUT2D eigenvalue weighted by molar-refractivity contribution is -0.137. The smallest absolute Gasteiger partial charge is 0.330 e. The highest BCUT2D eigenvalue weighted by molar-refractivity contribution is 5.87. The molecule has 0 amide bonds. The number of esters is 1. The van der Waals surface area contributed by atoms with Crippen molar-refractivity contribution >= 4 is 12.0 Å². The van der Waals surface area contributed by atoms with Gasteiger partial charge in [0, 0.05) is 18.1 Å². The fourth-order valence-electron chi connectivity index (χ4n) is 1.43. The van der Waals surface area contributed by atoms with Gasteiger partial charge in [-0.25, -0.2) is 4.79 Å². The minimum Gasteiger partial charge on any atom is -0.504 e. The van der Waals surface area contributed by atoms with Gasteiger partial charge in [-0.05, 0) is 29.8 Å². The molecule has 0 atom stereocenters. The molecule has 21 heavy (non-hydrogen) atoms. The van der Waals surface area contributed by atoms with E-state index in [9.17, 15) is 9.90 Å². The third kappa shape index (κ3) is 5.80. The summed E-state index contributed by atoms with van der Waals surface area (Å²) >= 11 is 0. The van der Waals surface area contributed by atoms with Gasteiger partial charge >= 0.3 is 5.97 Å². The molecule has 3 N–H and O–H groups in total. The first-order valence-electron chi connectivity index (χ1n) is 6.13. The van der Waals surface area contributed by atoms with Crippen LogP contribution >= 0.6 is 0 Å². The summed E-state index contributed by atoms with van der Waals surface area (Å²) in [7, 11) is 0. The molecule has 0 saturated heterocycles. The molecule has 0 aromatic heterocycles. The largest absolute Gasteiger partial charge is 0.504 e. The molecular weight excluding hydrogens is 274 g/mol. The molecule has 0 unspecified atom stereocenters. The maximum atomic E-state index is 11.4. The molecule has 1 rings (SSSR count). The Morgan fingerprint density at radius 3 is 2.71 bits per heavy atom. The van der Waals surface area contributed by atoms with Gasteiger partial charge in [0.2, 0.25) is 0 Å². The lowest BCUT2D eigenvalue weighted by Gasteiger charge is -2.01. The molecule has 0 heterocycles. The van der Waals surface area contributed by atoms with E-state index in [1.807, 2.05) is 6.07 Å². The number of carbonyl (C=O) groups is 1. The monoisotopic (exact) mass is 289 g/mol. The Morgan fingerprint density at radius 1 is 1.33 bits per heavy atom. The standard InChI is InChI=1S/C15H15NO5/c16-10-12(5-7-17)6-8-21-15(20)4-2-11-1-3-13(18)14(19)9-11/h1-5,9,17-19H,6-8H2/b4-2+,12-5-. The van der Waals surface area contributed by atoms with E-state index in [0.717, 1.165) is 0 Å². The number of aromatic hydroxyl groups is 2. The third-order valence-corrected chi connectivity index (χ3v) is 2.51. The highest BCUT2D eigenvalue weighted by atomic mass is 16.5. The number of ether oxygens (including phenoxy) is 1. The number of nitriles is 1. The quantitative estimate of drug-likeness (QED) is 0.316. The zero-order chi connectivity index (χ0) is 15.7. The normalized spacial score (nSPS) is 11.3. The van der Waals surface area contributed by atoms with E-state index in [1.165, 1.54) is 36.4 Å². The first kappa shape index (κ1) is 16.3. The van der Waals surface area contributed by atoms with Crippen molar-refractivity contribution in [3.8, 4) is 17.6 Å². The molecule has 1 aromatic carbocycles. The summed E-state index contributed by atoms with van der Waals surface area (Å²) in [5.41, 5.74) is 0.873. The van der Waals surface area contributed by atoms with E-state index in [1.54, 1.807) is 0 Å². The van der Waals surface area contributed by atoms with Gasteiger partial charge in [0.15, 0.2) is 11.5 Å². The summed E-state index contributed by atoms with van der Waals surface area (Å²) < 4.78 is 4.89. The molecule has 0 spiro atoms. The first-order chi connectivity index (χ1) is 10.1. The Balaban J connectivity index is 2.47. The summed E-state index contributed by atoms with van der Waals surface area (Å²) in [4.78, 5) is 11.4. The Hall–Kier alpha value is -2.78. The van der Waals surface area contributed by atoms with Crippen molar-refractivity contribution in [3.63, 3.8) is 0 Å². The zero-order valence-corrected chi connectivity index (χ0v) is 11.2. The number of benzene rings is 1. The molecule has 1 aromatic rings. The van der Waals surface area contributed by atoms with Crippen molar-refractivity contribution in [1.82, 2.24) is 0 Å². The second-order valence-electron chi connectivity index (χ2n) is 4.02. The molecule has 0 fully saturated rings. The van der Waals surface area contributed by atoms with Crippen LogP contribution in [0, 0.1) is 11.3 Å². The van der Waals surface area contributed by atoms with Crippen LogP contribution < -0.4 is 0 Å². The lowest BCUT2D eigenvalue weighted by Crippen LogP contribution is -2.03. The van der Waals surface area contributed by atoms with Gasteiger partial charge in [0.25, 0.3) is 0 Å². The number of aliphatic hydroxyl groups excluding tert-OH is 1. The maximum absolute atomic E-state index is 11.4. The van der Waals surface area contributed by atoms with Crippen molar-refractivity contribution in [2.45, 2.75) is 6.42 Å². The third-order valence-electron chi connectivity index (χ3n) is 2.51. The molecule has 110 valence electrons. The van der Waals surface area contributed by atoms with Gasteiger partial charge in [-0.1, -0.05) is 6.07 Å². The zero-order valence-electron chi connectivity index (χ0n) is 11.2. The van der Waals surface area contributed by atoms with Crippen LogP contribution in [-0.2, 0) is 9.53 Å². The molecule has 0 radical (unpaired) electrons. The molecule has 6 heteroatoms. The van der Waals surface area contributed by atoms with Gasteiger partial charge in [0.05, 0.1) is 19.3 Å². The number of phenols is 2. The molecule has 0 aliphatic heterocycles. The van der Waals surface area contributed by atoms with Crippen LogP contribution in [-0.4, -0.2) is 34.5 Å². The SMILES string of the molecule is N#C/C(=C\CO)CCOC(=O)/C=C/c1ccc(O)c(O)c1. The van der Waals surface area contributed by atoms with Crippen LogP contribution in [0.4, 0.5) is 0 Å². The topological polar surface area (TPSA) is 111 Å². The van der Waals surface area contributed by atoms with E-state index in [-0.39, 0.29) is 31.1 Å². The van der Waals surface area contributed by atoms with E-state index < -0.39 is 5.97 Å².